The Hall–Kier alpha value is -0.0600. The van der Waals surface area contributed by atoms with E-state index in [-0.39, 0.29) is 12.4 Å². The Balaban J connectivity index is 3.89. The van der Waals surface area contributed by atoms with Crippen molar-refractivity contribution < 1.29 is 9.53 Å². The number of ketones is 1. The number of methoxy groups -OCH3 is 1. The number of hydrogen-bond acceptors (Lipinski definition) is 4. The minimum Gasteiger partial charge on any atom is -0.377 e. The van der Waals surface area contributed by atoms with Gasteiger partial charge in [-0.15, -0.1) is 0 Å². The lowest BCUT2D eigenvalue weighted by atomic mass is 10.2. The lowest BCUT2D eigenvalue weighted by Gasteiger charge is -2.25. The smallest absolute Gasteiger partial charge is 0.172 e. The van der Waals surface area contributed by atoms with Gasteiger partial charge >= 0.3 is 0 Å². The molecule has 0 spiro atoms. The van der Waals surface area contributed by atoms with Crippen LogP contribution in [0, 0.1) is 0 Å². The van der Waals surface area contributed by atoms with Crippen molar-refractivity contribution in [1.82, 2.24) is 4.90 Å². The highest BCUT2D eigenvalue weighted by Gasteiger charge is 2.14. The van der Waals surface area contributed by atoms with Crippen LogP contribution in [0.1, 0.15) is 13.3 Å². The van der Waals surface area contributed by atoms with Crippen molar-refractivity contribution in [2.24, 2.45) is 0 Å². The van der Waals surface area contributed by atoms with Crippen molar-refractivity contribution in [3.05, 3.63) is 0 Å². The van der Waals surface area contributed by atoms with Crippen LogP contribution in [-0.4, -0.2) is 56.0 Å². The van der Waals surface area contributed by atoms with E-state index in [1.54, 1.807) is 7.11 Å². The highest BCUT2D eigenvalue weighted by atomic mass is 32.2. The van der Waals surface area contributed by atoms with Gasteiger partial charge in [-0.3, -0.25) is 9.69 Å². The number of nitrogens with zero attached hydrogens (tertiary/aromatic N) is 1. The van der Waals surface area contributed by atoms with Gasteiger partial charge in [0.1, 0.15) is 6.61 Å². The van der Waals surface area contributed by atoms with E-state index in [0.29, 0.717) is 12.6 Å². The van der Waals surface area contributed by atoms with Crippen LogP contribution < -0.4 is 0 Å². The van der Waals surface area contributed by atoms with Crippen LogP contribution >= 0.6 is 11.8 Å². The minimum absolute atomic E-state index is 0.148. The van der Waals surface area contributed by atoms with Crippen LogP contribution in [0.2, 0.25) is 0 Å². The Kier molecular flexibility index (Phi) is 8.23. The molecule has 0 aliphatic carbocycles. The molecule has 84 valence electrons. The summed E-state index contributed by atoms with van der Waals surface area (Å²) in [7, 11) is 3.55. The van der Waals surface area contributed by atoms with Crippen LogP contribution in [0.3, 0.4) is 0 Å². The first-order valence-corrected chi connectivity index (χ1v) is 6.24. The monoisotopic (exact) mass is 219 g/mol. The Labute approximate surface area is 91.2 Å². The number of ether oxygens (including phenoxy) is 1. The quantitative estimate of drug-likeness (QED) is 0.615. The van der Waals surface area contributed by atoms with E-state index in [9.17, 15) is 4.79 Å². The number of Topliss-reactive ketones (excluding diaryl/α,β-unsaturated/α-hetero) is 1. The van der Waals surface area contributed by atoms with E-state index >= 15 is 0 Å². The second kappa shape index (κ2) is 8.26. The Morgan fingerprint density at radius 1 is 1.57 bits per heavy atom. The Morgan fingerprint density at radius 2 is 2.21 bits per heavy atom. The number of hydrogen-bond donors (Lipinski definition) is 0. The number of carbonyl (C=O) groups excluding carboxylic acids is 1. The highest BCUT2D eigenvalue weighted by molar-refractivity contribution is 7.98. The van der Waals surface area contributed by atoms with Gasteiger partial charge in [-0.05, 0) is 19.7 Å². The zero-order valence-corrected chi connectivity index (χ0v) is 10.4. The summed E-state index contributed by atoms with van der Waals surface area (Å²) < 4.78 is 4.80. The first-order valence-electron chi connectivity index (χ1n) is 4.85. The average molecular weight is 219 g/mol. The summed E-state index contributed by atoms with van der Waals surface area (Å²) in [5.74, 6) is 1.22. The molecule has 14 heavy (non-hydrogen) atoms. The molecule has 0 heterocycles. The second-order valence-electron chi connectivity index (χ2n) is 3.40. The summed E-state index contributed by atoms with van der Waals surface area (Å²) >= 11 is 1.82. The van der Waals surface area contributed by atoms with E-state index in [1.165, 1.54) is 0 Å². The molecule has 0 radical (unpaired) electrons. The molecule has 0 saturated heterocycles. The van der Waals surface area contributed by atoms with E-state index in [2.05, 4.69) is 18.1 Å². The van der Waals surface area contributed by atoms with Crippen LogP contribution in [0.4, 0.5) is 0 Å². The molecule has 1 unspecified atom stereocenters. The van der Waals surface area contributed by atoms with Gasteiger partial charge in [-0.25, -0.2) is 0 Å². The molecule has 4 heteroatoms. The van der Waals surface area contributed by atoms with Crippen LogP contribution in [0.5, 0.6) is 0 Å². The third-order valence-electron chi connectivity index (χ3n) is 2.18. The molecule has 0 saturated carbocycles. The van der Waals surface area contributed by atoms with Crippen molar-refractivity contribution in [1.29, 1.82) is 0 Å². The molecule has 3 nitrogen and oxygen atoms in total. The van der Waals surface area contributed by atoms with Gasteiger partial charge in [0, 0.05) is 18.9 Å². The third-order valence-corrected chi connectivity index (χ3v) is 2.90. The Bertz CT molecular complexity index is 164. The van der Waals surface area contributed by atoms with Crippen LogP contribution in [-0.2, 0) is 9.53 Å². The van der Waals surface area contributed by atoms with Gasteiger partial charge in [-0.1, -0.05) is 6.92 Å². The van der Waals surface area contributed by atoms with Gasteiger partial charge < -0.3 is 4.74 Å². The van der Waals surface area contributed by atoms with Crippen molar-refractivity contribution >= 4 is 17.5 Å². The molecule has 0 aromatic carbocycles. The van der Waals surface area contributed by atoms with Crippen LogP contribution in [0.25, 0.3) is 0 Å². The first-order chi connectivity index (χ1) is 6.65. The van der Waals surface area contributed by atoms with Crippen LogP contribution in [0.15, 0.2) is 0 Å². The topological polar surface area (TPSA) is 29.5 Å². The normalized spacial score (nSPS) is 13.2. The number of likely N-dealkylation sites (N-methyl/N-ethyl adjacent to an activating group) is 1. The lowest BCUT2D eigenvalue weighted by molar-refractivity contribution is -0.123. The number of carbonyl (C=O) groups is 1. The summed E-state index contributed by atoms with van der Waals surface area (Å²) in [5.41, 5.74) is 0. The summed E-state index contributed by atoms with van der Waals surface area (Å²) in [4.78, 5) is 13.4. The molecule has 0 rings (SSSR count). The molecule has 0 bridgehead atoms. The fourth-order valence-electron chi connectivity index (χ4n) is 1.36. The SMILES string of the molecule is CCC(CSC)N(C)CC(=O)COC. The van der Waals surface area contributed by atoms with Crippen molar-refractivity contribution in [3.8, 4) is 0 Å². The van der Waals surface area contributed by atoms with Gasteiger partial charge in [0.15, 0.2) is 5.78 Å². The van der Waals surface area contributed by atoms with Crippen molar-refractivity contribution in [2.45, 2.75) is 19.4 Å². The molecule has 0 fully saturated rings. The van der Waals surface area contributed by atoms with E-state index < -0.39 is 0 Å². The van der Waals surface area contributed by atoms with Gasteiger partial charge in [0.05, 0.1) is 6.54 Å². The lowest BCUT2D eigenvalue weighted by Crippen LogP contribution is -2.38. The Morgan fingerprint density at radius 3 is 2.64 bits per heavy atom. The maximum Gasteiger partial charge on any atom is 0.172 e. The van der Waals surface area contributed by atoms with Crippen molar-refractivity contribution in [3.63, 3.8) is 0 Å². The minimum atomic E-state index is 0.148. The van der Waals surface area contributed by atoms with Gasteiger partial charge in [0.2, 0.25) is 0 Å². The van der Waals surface area contributed by atoms with E-state index in [4.69, 9.17) is 4.74 Å². The maximum atomic E-state index is 11.3. The molecule has 0 aliphatic rings. The standard InChI is InChI=1S/C10H21NO2S/c1-5-9(8-14-4)11(2)6-10(12)7-13-3/h9H,5-8H2,1-4H3. The highest BCUT2D eigenvalue weighted by Crippen LogP contribution is 2.07. The van der Waals surface area contributed by atoms with Crippen molar-refractivity contribution in [2.75, 3.05) is 39.3 Å². The summed E-state index contributed by atoms with van der Waals surface area (Å²) in [6, 6.07) is 0.491. The molecule has 0 aromatic rings. The fraction of sp³-hybridized carbons (Fsp3) is 0.900. The summed E-state index contributed by atoms with van der Waals surface area (Å²) in [6.45, 7) is 2.87. The molecular formula is C10H21NO2S. The third kappa shape index (κ3) is 5.62. The molecule has 0 aromatic heterocycles. The molecular weight excluding hydrogens is 198 g/mol. The zero-order chi connectivity index (χ0) is 11.0. The number of rotatable bonds is 8. The molecule has 0 amide bonds. The van der Waals surface area contributed by atoms with E-state index in [0.717, 1.165) is 12.2 Å². The predicted octanol–water partition coefficient (Wildman–Crippen LogP) is 1.28. The first kappa shape index (κ1) is 13.9. The largest absolute Gasteiger partial charge is 0.377 e. The zero-order valence-electron chi connectivity index (χ0n) is 9.58. The average Bonchev–Trinajstić information content (AvgIpc) is 2.14. The summed E-state index contributed by atoms with van der Waals surface area (Å²) in [6.07, 6.45) is 3.17. The molecule has 1 atom stereocenters. The maximum absolute atomic E-state index is 11.3. The van der Waals surface area contributed by atoms with Gasteiger partial charge in [-0.2, -0.15) is 11.8 Å². The predicted molar refractivity (Wildman–Crippen MR) is 62.0 cm³/mol. The summed E-state index contributed by atoms with van der Waals surface area (Å²) in [5, 5.41) is 0. The number of thioether (sulfide) groups is 1. The van der Waals surface area contributed by atoms with Gasteiger partial charge in [0.25, 0.3) is 0 Å². The fourth-order valence-corrected chi connectivity index (χ4v) is 2.24. The second-order valence-corrected chi connectivity index (χ2v) is 4.31. The molecule has 0 N–H and O–H groups in total. The molecule has 0 aliphatic heterocycles. The van der Waals surface area contributed by atoms with E-state index in [1.807, 2.05) is 18.8 Å².